The topological polar surface area (TPSA) is 67.9 Å². The summed E-state index contributed by atoms with van der Waals surface area (Å²) in [5, 5.41) is 3.25. The molecule has 182 valence electrons. The summed E-state index contributed by atoms with van der Waals surface area (Å²) in [5.41, 5.74) is 3.48. The molecule has 0 spiro atoms. The highest BCUT2D eigenvalue weighted by Crippen LogP contribution is 2.45. The summed E-state index contributed by atoms with van der Waals surface area (Å²) in [6.07, 6.45) is 0. The van der Waals surface area contributed by atoms with Gasteiger partial charge in [0.2, 0.25) is 5.91 Å². The standard InChI is InChI=1S/C26H24ClIN2O4S/c1-3-33-22-13-17(26-30(24(32)15-35-26)20-9-7-18(27)8-10-20)12-21(28)25(22)34-14-23(31)29-19-6-4-5-16(2)11-19/h4-13,26H,3,14-15H2,1-2H3,(H,29,31)/t26-/m1/s1. The molecule has 3 aromatic rings. The summed E-state index contributed by atoms with van der Waals surface area (Å²) in [7, 11) is 0. The third-order valence-corrected chi connectivity index (χ3v) is 7.50. The summed E-state index contributed by atoms with van der Waals surface area (Å²) < 4.78 is 12.6. The van der Waals surface area contributed by atoms with E-state index in [-0.39, 0.29) is 23.8 Å². The van der Waals surface area contributed by atoms with Gasteiger partial charge in [0.05, 0.1) is 15.9 Å². The Balaban J connectivity index is 1.55. The number of halogens is 2. The number of hydrogen-bond acceptors (Lipinski definition) is 5. The maximum Gasteiger partial charge on any atom is 0.262 e. The van der Waals surface area contributed by atoms with Crippen molar-refractivity contribution >= 4 is 69.1 Å². The molecular weight excluding hydrogens is 599 g/mol. The Morgan fingerprint density at radius 2 is 1.94 bits per heavy atom. The second-order valence-corrected chi connectivity index (χ2v) is 10.5. The molecule has 1 fully saturated rings. The van der Waals surface area contributed by atoms with Crippen LogP contribution in [0.15, 0.2) is 60.7 Å². The number of hydrogen-bond donors (Lipinski definition) is 1. The van der Waals surface area contributed by atoms with Gasteiger partial charge in [0, 0.05) is 16.4 Å². The van der Waals surface area contributed by atoms with Crippen molar-refractivity contribution in [3.05, 3.63) is 80.4 Å². The van der Waals surface area contributed by atoms with Crippen molar-refractivity contribution in [2.24, 2.45) is 0 Å². The van der Waals surface area contributed by atoms with Gasteiger partial charge in [-0.15, -0.1) is 11.8 Å². The number of nitrogens with zero attached hydrogens (tertiary/aromatic N) is 1. The second kappa shape index (κ2) is 11.5. The van der Waals surface area contributed by atoms with E-state index < -0.39 is 0 Å². The largest absolute Gasteiger partial charge is 0.490 e. The van der Waals surface area contributed by atoms with Crippen LogP contribution in [-0.2, 0) is 9.59 Å². The first kappa shape index (κ1) is 25.7. The maximum absolute atomic E-state index is 12.7. The van der Waals surface area contributed by atoms with Gasteiger partial charge in [-0.3, -0.25) is 14.5 Å². The number of ether oxygens (including phenoxy) is 2. The molecule has 0 radical (unpaired) electrons. The zero-order valence-electron chi connectivity index (χ0n) is 19.2. The van der Waals surface area contributed by atoms with Crippen molar-refractivity contribution in [3.63, 3.8) is 0 Å². The quantitative estimate of drug-likeness (QED) is 0.293. The van der Waals surface area contributed by atoms with Crippen molar-refractivity contribution in [2.45, 2.75) is 19.2 Å². The van der Waals surface area contributed by atoms with Gasteiger partial charge >= 0.3 is 0 Å². The Hall–Kier alpha value is -2.43. The molecule has 0 aliphatic carbocycles. The fourth-order valence-corrected chi connectivity index (χ4v) is 5.81. The number of rotatable bonds is 8. The molecule has 4 rings (SSSR count). The minimum Gasteiger partial charge on any atom is -0.490 e. The lowest BCUT2D eigenvalue weighted by molar-refractivity contribution is -0.118. The molecule has 35 heavy (non-hydrogen) atoms. The third-order valence-electron chi connectivity index (χ3n) is 5.24. The predicted octanol–water partition coefficient (Wildman–Crippen LogP) is 6.45. The van der Waals surface area contributed by atoms with E-state index in [0.29, 0.717) is 28.9 Å². The van der Waals surface area contributed by atoms with Crippen LogP contribution in [0.2, 0.25) is 5.02 Å². The van der Waals surface area contributed by atoms with Crippen LogP contribution in [0, 0.1) is 10.5 Å². The van der Waals surface area contributed by atoms with Gasteiger partial charge in [0.25, 0.3) is 5.91 Å². The van der Waals surface area contributed by atoms with Gasteiger partial charge in [-0.2, -0.15) is 0 Å². The number of carbonyl (C=O) groups is 2. The Morgan fingerprint density at radius 3 is 2.66 bits per heavy atom. The number of thioether (sulfide) groups is 1. The van der Waals surface area contributed by atoms with Gasteiger partial charge < -0.3 is 14.8 Å². The van der Waals surface area contributed by atoms with Gasteiger partial charge in [0.1, 0.15) is 5.37 Å². The minimum atomic E-state index is -0.260. The van der Waals surface area contributed by atoms with Crippen LogP contribution in [-0.4, -0.2) is 30.8 Å². The molecule has 0 bridgehead atoms. The number of benzene rings is 3. The second-order valence-electron chi connectivity index (χ2n) is 7.87. The van der Waals surface area contributed by atoms with E-state index in [0.717, 1.165) is 26.1 Å². The predicted molar refractivity (Wildman–Crippen MR) is 150 cm³/mol. The fraction of sp³-hybridized carbons (Fsp3) is 0.231. The van der Waals surface area contributed by atoms with E-state index in [4.69, 9.17) is 21.1 Å². The monoisotopic (exact) mass is 622 g/mol. The Labute approximate surface area is 227 Å². The first-order chi connectivity index (χ1) is 16.9. The summed E-state index contributed by atoms with van der Waals surface area (Å²) in [4.78, 5) is 27.0. The third kappa shape index (κ3) is 6.23. The summed E-state index contributed by atoms with van der Waals surface area (Å²) in [5.74, 6) is 1.19. The fourth-order valence-electron chi connectivity index (χ4n) is 3.74. The van der Waals surface area contributed by atoms with Crippen LogP contribution in [0.5, 0.6) is 11.5 Å². The highest BCUT2D eigenvalue weighted by molar-refractivity contribution is 14.1. The van der Waals surface area contributed by atoms with Crippen molar-refractivity contribution in [1.82, 2.24) is 0 Å². The van der Waals surface area contributed by atoms with Crippen molar-refractivity contribution in [3.8, 4) is 11.5 Å². The average molecular weight is 623 g/mol. The number of nitrogens with one attached hydrogen (secondary N) is 1. The van der Waals surface area contributed by atoms with Gasteiger partial charge in [-0.05, 0) is 96.1 Å². The van der Waals surface area contributed by atoms with E-state index in [1.807, 2.05) is 62.4 Å². The van der Waals surface area contributed by atoms with E-state index in [9.17, 15) is 9.59 Å². The molecule has 6 nitrogen and oxygen atoms in total. The number of amides is 2. The van der Waals surface area contributed by atoms with Gasteiger partial charge in [0.15, 0.2) is 18.1 Å². The highest BCUT2D eigenvalue weighted by Gasteiger charge is 2.35. The first-order valence-electron chi connectivity index (χ1n) is 11.0. The highest BCUT2D eigenvalue weighted by atomic mass is 127. The summed E-state index contributed by atoms with van der Waals surface area (Å²) in [6.45, 7) is 4.14. The molecule has 1 aliphatic rings. The normalized spacial score (nSPS) is 15.3. The van der Waals surface area contributed by atoms with E-state index in [1.54, 1.807) is 28.8 Å². The van der Waals surface area contributed by atoms with Gasteiger partial charge in [-0.1, -0.05) is 23.7 Å². The van der Waals surface area contributed by atoms with Crippen LogP contribution < -0.4 is 19.7 Å². The van der Waals surface area contributed by atoms with E-state index in [1.165, 1.54) is 0 Å². The molecular formula is C26H24ClIN2O4S. The molecule has 1 atom stereocenters. The molecule has 1 saturated heterocycles. The maximum atomic E-state index is 12.7. The number of carbonyl (C=O) groups excluding carboxylic acids is 2. The zero-order valence-corrected chi connectivity index (χ0v) is 22.9. The van der Waals surface area contributed by atoms with Crippen molar-refractivity contribution < 1.29 is 19.1 Å². The molecule has 9 heteroatoms. The summed E-state index contributed by atoms with van der Waals surface area (Å²) in [6, 6.07) is 18.7. The lowest BCUT2D eigenvalue weighted by Crippen LogP contribution is -2.27. The van der Waals surface area contributed by atoms with Crippen molar-refractivity contribution in [1.29, 1.82) is 0 Å². The first-order valence-corrected chi connectivity index (χ1v) is 13.5. The molecule has 0 saturated carbocycles. The molecule has 2 amide bonds. The van der Waals surface area contributed by atoms with Crippen LogP contribution >= 0.6 is 46.0 Å². The number of anilines is 2. The van der Waals surface area contributed by atoms with Gasteiger partial charge in [-0.25, -0.2) is 0 Å². The molecule has 1 aliphatic heterocycles. The molecule has 1 heterocycles. The van der Waals surface area contributed by atoms with Crippen LogP contribution in [0.25, 0.3) is 0 Å². The molecule has 0 unspecified atom stereocenters. The molecule has 3 aromatic carbocycles. The number of aryl methyl sites for hydroxylation is 1. The van der Waals surface area contributed by atoms with Crippen molar-refractivity contribution in [2.75, 3.05) is 29.2 Å². The summed E-state index contributed by atoms with van der Waals surface area (Å²) >= 11 is 9.77. The zero-order chi connectivity index (χ0) is 24.9. The van der Waals surface area contributed by atoms with Crippen LogP contribution in [0.1, 0.15) is 23.4 Å². The van der Waals surface area contributed by atoms with E-state index in [2.05, 4.69) is 27.9 Å². The Bertz CT molecular complexity index is 1240. The SMILES string of the molecule is CCOc1cc([C@H]2SCC(=O)N2c2ccc(Cl)cc2)cc(I)c1OCC(=O)Nc1cccc(C)c1. The lowest BCUT2D eigenvalue weighted by atomic mass is 10.1. The minimum absolute atomic E-state index is 0.0310. The Kier molecular flexibility index (Phi) is 8.46. The smallest absolute Gasteiger partial charge is 0.262 e. The lowest BCUT2D eigenvalue weighted by Gasteiger charge is -2.25. The average Bonchev–Trinajstić information content (AvgIpc) is 3.20. The molecule has 0 aromatic heterocycles. The Morgan fingerprint density at radius 1 is 1.17 bits per heavy atom. The molecule has 1 N–H and O–H groups in total. The van der Waals surface area contributed by atoms with E-state index >= 15 is 0 Å². The van der Waals surface area contributed by atoms with Crippen LogP contribution in [0.3, 0.4) is 0 Å². The van der Waals surface area contributed by atoms with Crippen LogP contribution in [0.4, 0.5) is 11.4 Å².